The van der Waals surface area contributed by atoms with Gasteiger partial charge in [0.1, 0.15) is 11.3 Å². The summed E-state index contributed by atoms with van der Waals surface area (Å²) in [6.07, 6.45) is 3.14. The molecule has 0 bridgehead atoms. The molecule has 0 fully saturated rings. The molecule has 2 heterocycles. The van der Waals surface area contributed by atoms with Gasteiger partial charge in [-0.25, -0.2) is 0 Å². The Labute approximate surface area is 234 Å². The average molecular weight is 542 g/mol. The van der Waals surface area contributed by atoms with Crippen molar-refractivity contribution in [2.75, 3.05) is 25.2 Å². The number of unbranched alkanes of at least 4 members (excludes halogenated alkanes) is 2. The van der Waals surface area contributed by atoms with Crippen molar-refractivity contribution in [1.29, 1.82) is 0 Å². The molecule has 0 N–H and O–H groups in total. The van der Waals surface area contributed by atoms with E-state index in [1.807, 2.05) is 63.2 Å². The molecule has 208 valence electrons. The lowest BCUT2D eigenvalue weighted by atomic mass is 9.97. The Bertz CT molecular complexity index is 1600. The SMILES string of the molecule is CCCCCOc1ccc(C2c3c(oc4cc(C)c(C)cc4c3=O)C(=O)N2c2ccc(OC)cc2)cc1OCC. The minimum Gasteiger partial charge on any atom is -0.497 e. The maximum absolute atomic E-state index is 14.1. The average Bonchev–Trinajstić information content (AvgIpc) is 3.25. The number of carbonyl (C=O) groups excluding carboxylic acids is 1. The van der Waals surface area contributed by atoms with Crippen molar-refractivity contribution < 1.29 is 23.4 Å². The van der Waals surface area contributed by atoms with E-state index in [2.05, 4.69) is 6.92 Å². The van der Waals surface area contributed by atoms with Crippen LogP contribution in [0.3, 0.4) is 0 Å². The molecule has 3 aromatic carbocycles. The fourth-order valence-electron chi connectivity index (χ4n) is 5.17. The van der Waals surface area contributed by atoms with Gasteiger partial charge in [-0.15, -0.1) is 0 Å². The van der Waals surface area contributed by atoms with Gasteiger partial charge in [-0.3, -0.25) is 14.5 Å². The molecule has 7 nitrogen and oxygen atoms in total. The van der Waals surface area contributed by atoms with Gasteiger partial charge in [-0.2, -0.15) is 0 Å². The monoisotopic (exact) mass is 541 g/mol. The first kappa shape index (κ1) is 27.3. The van der Waals surface area contributed by atoms with E-state index in [0.717, 1.165) is 36.0 Å². The zero-order valence-corrected chi connectivity index (χ0v) is 23.7. The van der Waals surface area contributed by atoms with Gasteiger partial charge >= 0.3 is 0 Å². The molecule has 1 amide bonds. The molecule has 1 unspecified atom stereocenters. The van der Waals surface area contributed by atoms with Crippen LogP contribution in [0.2, 0.25) is 0 Å². The molecule has 1 aliphatic heterocycles. The van der Waals surface area contributed by atoms with Crippen LogP contribution >= 0.6 is 0 Å². The van der Waals surface area contributed by atoms with Gasteiger partial charge in [0.15, 0.2) is 16.9 Å². The minimum absolute atomic E-state index is 0.0550. The summed E-state index contributed by atoms with van der Waals surface area (Å²) in [6.45, 7) is 9.01. The standard InChI is InChI=1S/C33H35NO6/c1-6-8-9-16-39-26-15-10-22(19-28(26)38-7-2)30-29-31(35)25-17-20(3)21(4)18-27(25)40-32(29)33(36)34(30)23-11-13-24(37-5)14-12-23/h10-15,17-19,30H,6-9,16H2,1-5H3. The number of ether oxygens (including phenoxy) is 3. The van der Waals surface area contributed by atoms with Crippen LogP contribution in [-0.4, -0.2) is 26.2 Å². The fourth-order valence-corrected chi connectivity index (χ4v) is 5.17. The molecule has 1 atom stereocenters. The van der Waals surface area contributed by atoms with Gasteiger partial charge in [0.05, 0.1) is 37.3 Å². The first-order valence-corrected chi connectivity index (χ1v) is 13.8. The molecule has 1 aliphatic rings. The number of amides is 1. The third-order valence-electron chi connectivity index (χ3n) is 7.43. The van der Waals surface area contributed by atoms with Crippen LogP contribution in [0.5, 0.6) is 17.2 Å². The number of aryl methyl sites for hydroxylation is 2. The predicted octanol–water partition coefficient (Wildman–Crippen LogP) is 7.14. The second kappa shape index (κ2) is 11.5. The Morgan fingerprint density at radius 2 is 1.62 bits per heavy atom. The quantitative estimate of drug-likeness (QED) is 0.199. The highest BCUT2D eigenvalue weighted by molar-refractivity contribution is 6.10. The number of carbonyl (C=O) groups is 1. The zero-order chi connectivity index (χ0) is 28.4. The van der Waals surface area contributed by atoms with Crippen molar-refractivity contribution in [2.45, 2.75) is 53.0 Å². The minimum atomic E-state index is -0.716. The predicted molar refractivity (Wildman–Crippen MR) is 156 cm³/mol. The summed E-state index contributed by atoms with van der Waals surface area (Å²) in [4.78, 5) is 29.6. The van der Waals surface area contributed by atoms with Gasteiger partial charge in [0.2, 0.25) is 5.76 Å². The van der Waals surface area contributed by atoms with Crippen molar-refractivity contribution in [3.05, 3.63) is 92.8 Å². The number of hydrogen-bond acceptors (Lipinski definition) is 6. The molecule has 0 radical (unpaired) electrons. The normalized spacial score (nSPS) is 14.5. The Balaban J connectivity index is 1.68. The van der Waals surface area contributed by atoms with E-state index in [9.17, 15) is 9.59 Å². The lowest BCUT2D eigenvalue weighted by molar-refractivity contribution is 0.0971. The summed E-state index contributed by atoms with van der Waals surface area (Å²) in [7, 11) is 1.59. The number of methoxy groups -OCH3 is 1. The van der Waals surface area contributed by atoms with Crippen LogP contribution in [0.4, 0.5) is 5.69 Å². The van der Waals surface area contributed by atoms with Crippen LogP contribution < -0.4 is 24.5 Å². The molecule has 7 heteroatoms. The van der Waals surface area contributed by atoms with E-state index in [1.165, 1.54) is 0 Å². The molecule has 0 saturated heterocycles. The second-order valence-corrected chi connectivity index (χ2v) is 10.1. The Hall–Kier alpha value is -4.26. The number of fused-ring (bicyclic) bond motifs is 2. The van der Waals surface area contributed by atoms with Gasteiger partial charge in [0, 0.05) is 5.69 Å². The van der Waals surface area contributed by atoms with Gasteiger partial charge in [0.25, 0.3) is 5.91 Å². The first-order chi connectivity index (χ1) is 19.4. The zero-order valence-electron chi connectivity index (χ0n) is 23.7. The molecular weight excluding hydrogens is 506 g/mol. The van der Waals surface area contributed by atoms with Gasteiger partial charge in [-0.05, 0) is 92.4 Å². The van der Waals surface area contributed by atoms with Crippen molar-refractivity contribution in [2.24, 2.45) is 0 Å². The fraction of sp³-hybridized carbons (Fsp3) is 0.333. The van der Waals surface area contributed by atoms with E-state index < -0.39 is 6.04 Å². The molecule has 4 aromatic rings. The van der Waals surface area contributed by atoms with Crippen LogP contribution in [0.25, 0.3) is 11.0 Å². The molecule has 1 aromatic heterocycles. The molecule has 0 aliphatic carbocycles. The molecule has 40 heavy (non-hydrogen) atoms. The maximum atomic E-state index is 14.1. The van der Waals surface area contributed by atoms with E-state index >= 15 is 0 Å². The van der Waals surface area contributed by atoms with E-state index in [-0.39, 0.29) is 17.1 Å². The Kier molecular flexibility index (Phi) is 7.83. The van der Waals surface area contributed by atoms with Gasteiger partial charge < -0.3 is 18.6 Å². The summed E-state index contributed by atoms with van der Waals surface area (Å²) in [5.41, 5.74) is 3.82. The highest BCUT2D eigenvalue weighted by Gasteiger charge is 2.44. The molecule has 0 saturated carbocycles. The van der Waals surface area contributed by atoms with Crippen LogP contribution in [0, 0.1) is 13.8 Å². The number of rotatable bonds is 10. The molecule has 5 rings (SSSR count). The first-order valence-electron chi connectivity index (χ1n) is 13.8. The Morgan fingerprint density at radius 3 is 2.33 bits per heavy atom. The largest absolute Gasteiger partial charge is 0.497 e. The van der Waals surface area contributed by atoms with Crippen molar-refractivity contribution in [1.82, 2.24) is 0 Å². The highest BCUT2D eigenvalue weighted by Crippen LogP contribution is 2.43. The van der Waals surface area contributed by atoms with Crippen LogP contribution in [0.1, 0.15) is 72.0 Å². The highest BCUT2D eigenvalue weighted by atomic mass is 16.5. The lowest BCUT2D eigenvalue weighted by Crippen LogP contribution is -2.29. The maximum Gasteiger partial charge on any atom is 0.295 e. The summed E-state index contributed by atoms with van der Waals surface area (Å²) >= 11 is 0. The number of hydrogen-bond donors (Lipinski definition) is 0. The second-order valence-electron chi connectivity index (χ2n) is 10.1. The third kappa shape index (κ3) is 4.92. The van der Waals surface area contributed by atoms with E-state index in [0.29, 0.717) is 52.7 Å². The number of benzene rings is 3. The number of nitrogens with zero attached hydrogens (tertiary/aromatic N) is 1. The summed E-state index contributed by atoms with van der Waals surface area (Å²) in [6, 6.07) is 15.8. The smallest absolute Gasteiger partial charge is 0.295 e. The van der Waals surface area contributed by atoms with Crippen LogP contribution in [0.15, 0.2) is 63.8 Å². The summed E-state index contributed by atoms with van der Waals surface area (Å²) in [5.74, 6) is 1.56. The molecular formula is C33H35NO6. The lowest BCUT2D eigenvalue weighted by Gasteiger charge is -2.26. The topological polar surface area (TPSA) is 78.2 Å². The number of anilines is 1. The van der Waals surface area contributed by atoms with Gasteiger partial charge in [-0.1, -0.05) is 25.8 Å². The van der Waals surface area contributed by atoms with Crippen molar-refractivity contribution >= 4 is 22.6 Å². The Morgan fingerprint density at radius 1 is 0.875 bits per heavy atom. The van der Waals surface area contributed by atoms with E-state index in [4.69, 9.17) is 18.6 Å². The summed E-state index contributed by atoms with van der Waals surface area (Å²) < 4.78 is 23.5. The summed E-state index contributed by atoms with van der Waals surface area (Å²) in [5, 5.41) is 0.456. The van der Waals surface area contributed by atoms with Crippen molar-refractivity contribution in [3.8, 4) is 17.2 Å². The van der Waals surface area contributed by atoms with E-state index in [1.54, 1.807) is 24.1 Å². The van der Waals surface area contributed by atoms with Crippen LogP contribution in [-0.2, 0) is 0 Å². The molecule has 0 spiro atoms. The van der Waals surface area contributed by atoms with Crippen molar-refractivity contribution in [3.63, 3.8) is 0 Å². The third-order valence-corrected chi connectivity index (χ3v) is 7.43.